The van der Waals surface area contributed by atoms with Crippen LogP contribution in [0, 0.1) is 0 Å². The number of nitrogens with one attached hydrogen (secondary N) is 2. The highest BCUT2D eigenvalue weighted by atomic mass is 16.2. The van der Waals surface area contributed by atoms with Crippen molar-refractivity contribution in [3.05, 3.63) is 29.3 Å². The van der Waals surface area contributed by atoms with Crippen LogP contribution >= 0.6 is 0 Å². The van der Waals surface area contributed by atoms with Crippen molar-refractivity contribution in [1.29, 1.82) is 0 Å². The summed E-state index contributed by atoms with van der Waals surface area (Å²) in [5.74, 6) is 0. The molecule has 5 heteroatoms. The number of azo groups is 1. The molecule has 1 aromatic rings. The summed E-state index contributed by atoms with van der Waals surface area (Å²) in [4.78, 5) is 11.1. The van der Waals surface area contributed by atoms with E-state index in [9.17, 15) is 4.79 Å². The molecule has 1 atom stereocenters. The molecule has 1 unspecified atom stereocenters. The highest BCUT2D eigenvalue weighted by molar-refractivity contribution is 5.92. The molecule has 0 bridgehead atoms. The molecule has 2 N–H and O–H groups in total. The summed E-state index contributed by atoms with van der Waals surface area (Å²) in [6.45, 7) is 1.40. The monoisotopic (exact) mass is 216 g/mol. The van der Waals surface area contributed by atoms with Crippen molar-refractivity contribution < 1.29 is 4.79 Å². The molecule has 0 saturated carbocycles. The molecule has 82 valence electrons. The minimum Gasteiger partial charge on any atom is -0.334 e. The maximum atomic E-state index is 11.1. The third-order valence-electron chi connectivity index (χ3n) is 2.93. The van der Waals surface area contributed by atoms with Crippen LogP contribution in [-0.4, -0.2) is 12.6 Å². The van der Waals surface area contributed by atoms with Crippen LogP contribution in [0.15, 0.2) is 28.4 Å². The fourth-order valence-corrected chi connectivity index (χ4v) is 2.06. The maximum Gasteiger partial charge on any atom is 0.319 e. The summed E-state index contributed by atoms with van der Waals surface area (Å²) in [7, 11) is 0. The summed E-state index contributed by atoms with van der Waals surface area (Å²) in [5, 5.41) is 13.7. The van der Waals surface area contributed by atoms with Gasteiger partial charge < -0.3 is 10.6 Å². The fraction of sp³-hybridized carbons (Fsp3) is 0.364. The van der Waals surface area contributed by atoms with Gasteiger partial charge in [-0.3, -0.25) is 0 Å². The van der Waals surface area contributed by atoms with Crippen molar-refractivity contribution in [2.75, 3.05) is 11.9 Å². The minimum atomic E-state index is -0.138. The Hall–Kier alpha value is -1.91. The van der Waals surface area contributed by atoms with E-state index in [1.165, 1.54) is 5.56 Å². The molecule has 2 aliphatic heterocycles. The molecule has 16 heavy (non-hydrogen) atoms. The second-order valence-corrected chi connectivity index (χ2v) is 4.01. The average molecular weight is 216 g/mol. The quantitative estimate of drug-likeness (QED) is 0.742. The molecule has 0 aliphatic carbocycles. The van der Waals surface area contributed by atoms with Gasteiger partial charge in [0.15, 0.2) is 0 Å². The third kappa shape index (κ3) is 1.54. The minimum absolute atomic E-state index is 0.138. The standard InChI is InChI=1S/C11H12N4O/c16-11-12-6-8-5-7(1-2-9(8)14-11)10-3-4-13-15-10/h1-2,5,10H,3-4,6H2,(H2,12,14,16). The van der Waals surface area contributed by atoms with Crippen molar-refractivity contribution in [2.24, 2.45) is 10.2 Å². The predicted molar refractivity (Wildman–Crippen MR) is 59.4 cm³/mol. The first-order valence-electron chi connectivity index (χ1n) is 5.37. The van der Waals surface area contributed by atoms with Gasteiger partial charge in [0.2, 0.25) is 0 Å². The molecule has 2 amide bonds. The van der Waals surface area contributed by atoms with E-state index in [1.807, 2.05) is 12.1 Å². The van der Waals surface area contributed by atoms with Crippen molar-refractivity contribution in [3.63, 3.8) is 0 Å². The summed E-state index contributed by atoms with van der Waals surface area (Å²) >= 11 is 0. The lowest BCUT2D eigenvalue weighted by atomic mass is 10.0. The average Bonchev–Trinajstić information content (AvgIpc) is 2.82. The molecule has 0 saturated heterocycles. The second-order valence-electron chi connectivity index (χ2n) is 4.01. The van der Waals surface area contributed by atoms with Gasteiger partial charge in [-0.1, -0.05) is 6.07 Å². The summed E-state index contributed by atoms with van der Waals surface area (Å²) < 4.78 is 0. The third-order valence-corrected chi connectivity index (χ3v) is 2.93. The van der Waals surface area contributed by atoms with Crippen LogP contribution < -0.4 is 10.6 Å². The lowest BCUT2D eigenvalue weighted by molar-refractivity contribution is 0.251. The summed E-state index contributed by atoms with van der Waals surface area (Å²) in [6, 6.07) is 6.11. The molecular formula is C11H12N4O. The molecule has 3 rings (SSSR count). The highest BCUT2D eigenvalue weighted by Crippen LogP contribution is 2.29. The number of amides is 2. The van der Waals surface area contributed by atoms with E-state index in [1.54, 1.807) is 0 Å². The van der Waals surface area contributed by atoms with Crippen LogP contribution in [0.3, 0.4) is 0 Å². The number of fused-ring (bicyclic) bond motifs is 1. The van der Waals surface area contributed by atoms with Crippen molar-refractivity contribution in [1.82, 2.24) is 5.32 Å². The van der Waals surface area contributed by atoms with Gasteiger partial charge in [-0.15, -0.1) is 0 Å². The first kappa shape index (κ1) is 9.33. The Morgan fingerprint density at radius 2 is 2.31 bits per heavy atom. The number of benzene rings is 1. The number of carbonyl (C=O) groups excluding carboxylic acids is 1. The number of anilines is 1. The highest BCUT2D eigenvalue weighted by Gasteiger charge is 2.18. The van der Waals surface area contributed by atoms with Crippen LogP contribution in [0.1, 0.15) is 23.6 Å². The van der Waals surface area contributed by atoms with E-state index in [-0.39, 0.29) is 12.1 Å². The first-order valence-corrected chi connectivity index (χ1v) is 5.37. The lowest BCUT2D eigenvalue weighted by Crippen LogP contribution is -2.33. The zero-order valence-corrected chi connectivity index (χ0v) is 8.73. The fourth-order valence-electron chi connectivity index (χ4n) is 2.06. The van der Waals surface area contributed by atoms with Gasteiger partial charge >= 0.3 is 6.03 Å². The van der Waals surface area contributed by atoms with Gasteiger partial charge in [-0.05, 0) is 29.7 Å². The topological polar surface area (TPSA) is 65.8 Å². The summed E-state index contributed by atoms with van der Waals surface area (Å²) in [5.41, 5.74) is 3.18. The van der Waals surface area contributed by atoms with E-state index in [2.05, 4.69) is 26.9 Å². The lowest BCUT2D eigenvalue weighted by Gasteiger charge is -2.19. The number of carbonyl (C=O) groups is 1. The maximum absolute atomic E-state index is 11.1. The zero-order valence-electron chi connectivity index (χ0n) is 8.73. The molecule has 0 aromatic heterocycles. The van der Waals surface area contributed by atoms with Crippen molar-refractivity contribution in [2.45, 2.75) is 19.0 Å². The van der Waals surface area contributed by atoms with Crippen LogP contribution in [0.25, 0.3) is 0 Å². The normalized spacial score (nSPS) is 22.5. The van der Waals surface area contributed by atoms with Gasteiger partial charge in [-0.25, -0.2) is 4.79 Å². The predicted octanol–water partition coefficient (Wildman–Crippen LogP) is 2.22. The molecule has 0 fully saturated rings. The Balaban J connectivity index is 1.93. The van der Waals surface area contributed by atoms with Crippen LogP contribution in [-0.2, 0) is 6.54 Å². The van der Waals surface area contributed by atoms with Crippen molar-refractivity contribution in [3.8, 4) is 0 Å². The van der Waals surface area contributed by atoms with Gasteiger partial charge in [0, 0.05) is 12.2 Å². The number of urea groups is 1. The Labute approximate surface area is 93.0 Å². The van der Waals surface area contributed by atoms with Gasteiger partial charge in [0.1, 0.15) is 0 Å². The largest absolute Gasteiger partial charge is 0.334 e. The first-order chi connectivity index (χ1) is 7.83. The Morgan fingerprint density at radius 1 is 1.38 bits per heavy atom. The molecule has 2 aliphatic rings. The molecule has 2 heterocycles. The summed E-state index contributed by atoms with van der Waals surface area (Å²) in [6.07, 6.45) is 0.985. The number of hydrogen-bond donors (Lipinski definition) is 2. The molecule has 1 aromatic carbocycles. The van der Waals surface area contributed by atoms with Gasteiger partial charge in [0.05, 0.1) is 12.6 Å². The zero-order chi connectivity index (χ0) is 11.0. The van der Waals surface area contributed by atoms with Gasteiger partial charge in [-0.2, -0.15) is 10.2 Å². The van der Waals surface area contributed by atoms with E-state index in [4.69, 9.17) is 0 Å². The van der Waals surface area contributed by atoms with E-state index in [0.717, 1.165) is 24.2 Å². The number of nitrogens with zero attached hydrogens (tertiary/aromatic N) is 2. The second kappa shape index (κ2) is 3.59. The van der Waals surface area contributed by atoms with Crippen LogP contribution in [0.2, 0.25) is 0 Å². The van der Waals surface area contributed by atoms with Crippen molar-refractivity contribution >= 4 is 11.7 Å². The van der Waals surface area contributed by atoms with Gasteiger partial charge in [0.25, 0.3) is 0 Å². The number of hydrogen-bond acceptors (Lipinski definition) is 3. The molecule has 0 radical (unpaired) electrons. The van der Waals surface area contributed by atoms with Crippen LogP contribution in [0.5, 0.6) is 0 Å². The SMILES string of the molecule is O=C1NCc2cc(C3CCN=N3)ccc2N1. The Bertz CT molecular complexity index is 469. The number of rotatable bonds is 1. The molecular weight excluding hydrogens is 204 g/mol. The Kier molecular flexibility index (Phi) is 2.09. The Morgan fingerprint density at radius 3 is 3.12 bits per heavy atom. The van der Waals surface area contributed by atoms with E-state index in [0.29, 0.717) is 6.54 Å². The van der Waals surface area contributed by atoms with E-state index < -0.39 is 0 Å². The smallest absolute Gasteiger partial charge is 0.319 e. The van der Waals surface area contributed by atoms with E-state index >= 15 is 0 Å². The molecule has 5 nitrogen and oxygen atoms in total. The molecule has 0 spiro atoms. The van der Waals surface area contributed by atoms with Crippen LogP contribution in [0.4, 0.5) is 10.5 Å².